The van der Waals surface area contributed by atoms with Crippen molar-refractivity contribution >= 4 is 58.6 Å². The molecular weight excluding hydrogens is 515 g/mol. The number of halogens is 2. The second-order valence-electron chi connectivity index (χ2n) is 7.53. The molecular formula is C24H22Cl2N2O6S. The van der Waals surface area contributed by atoms with E-state index in [-0.39, 0.29) is 19.1 Å². The zero-order valence-electron chi connectivity index (χ0n) is 18.8. The molecule has 11 heteroatoms. The first-order valence-corrected chi connectivity index (χ1v) is 12.4. The summed E-state index contributed by atoms with van der Waals surface area (Å²) in [5.74, 6) is 0.0723. The fraction of sp³-hybridized carbons (Fsp3) is 0.292. The Bertz CT molecular complexity index is 1420. The number of hydrogen-bond acceptors (Lipinski definition) is 7. The van der Waals surface area contributed by atoms with Crippen LogP contribution < -0.4 is 14.8 Å². The minimum absolute atomic E-state index is 0.192. The highest BCUT2D eigenvalue weighted by Crippen LogP contribution is 2.34. The predicted octanol–water partition coefficient (Wildman–Crippen LogP) is 2.51. The molecule has 3 aromatic rings. The van der Waals surface area contributed by atoms with Gasteiger partial charge in [-0.25, -0.2) is 4.79 Å². The molecule has 0 N–H and O–H groups in total. The van der Waals surface area contributed by atoms with Crippen LogP contribution in [0.15, 0.2) is 39.5 Å². The number of esters is 1. The van der Waals surface area contributed by atoms with E-state index in [0.717, 1.165) is 11.3 Å². The van der Waals surface area contributed by atoms with Gasteiger partial charge in [0.1, 0.15) is 22.7 Å². The third-order valence-electron chi connectivity index (χ3n) is 5.24. The zero-order chi connectivity index (χ0) is 24.9. The van der Waals surface area contributed by atoms with Crippen molar-refractivity contribution in [2.24, 2.45) is 0 Å². The zero-order valence-corrected chi connectivity index (χ0v) is 21.1. The van der Waals surface area contributed by atoms with E-state index < -0.39 is 11.5 Å². The number of nitrogens with zero attached hydrogens (tertiary/aromatic N) is 2. The lowest BCUT2D eigenvalue weighted by molar-refractivity contribution is -0.136. The lowest BCUT2D eigenvalue weighted by atomic mass is 10.2. The van der Waals surface area contributed by atoms with Crippen LogP contribution in [0.25, 0.3) is 23.5 Å². The molecule has 184 valence electrons. The first-order valence-electron chi connectivity index (χ1n) is 10.9. The molecule has 0 atom stereocenters. The standard InChI is InChI=1S/C24H22Cl2N2O6S/c1-2-33-22(30)13-21-28(14-20(29)27-8-10-32-11-9-27)24(31)19(35-21)12-15-6-7-18(34-15)16-4-3-5-17(25)23(16)26/h3-7,12-13H,2,8-11,14H2,1H3/b19-12-,21-13-. The Morgan fingerprint density at radius 1 is 1.17 bits per heavy atom. The van der Waals surface area contributed by atoms with E-state index in [1.54, 1.807) is 48.2 Å². The molecule has 8 nitrogen and oxygen atoms in total. The molecule has 1 aliphatic heterocycles. The normalized spacial score (nSPS) is 15.0. The SMILES string of the molecule is CCOC(=O)/C=c1\s/c(=C\c2ccc(-c3cccc(Cl)c3Cl)o2)c(=O)n1CC(=O)N1CCOCC1. The fourth-order valence-electron chi connectivity index (χ4n) is 3.52. The van der Waals surface area contributed by atoms with Gasteiger partial charge in [0.05, 0.1) is 40.5 Å². The summed E-state index contributed by atoms with van der Waals surface area (Å²) < 4.78 is 18.1. The van der Waals surface area contributed by atoms with Gasteiger partial charge in [-0.1, -0.05) is 29.3 Å². The van der Waals surface area contributed by atoms with Gasteiger partial charge in [0.15, 0.2) is 0 Å². The van der Waals surface area contributed by atoms with Crippen LogP contribution in [0.3, 0.4) is 0 Å². The van der Waals surface area contributed by atoms with Crippen LogP contribution in [0.4, 0.5) is 0 Å². The summed E-state index contributed by atoms with van der Waals surface area (Å²) in [7, 11) is 0. The van der Waals surface area contributed by atoms with Crippen molar-refractivity contribution in [3.8, 4) is 11.3 Å². The minimum atomic E-state index is -0.594. The van der Waals surface area contributed by atoms with Crippen molar-refractivity contribution in [1.82, 2.24) is 9.47 Å². The van der Waals surface area contributed by atoms with E-state index in [9.17, 15) is 14.4 Å². The van der Waals surface area contributed by atoms with Gasteiger partial charge in [-0.05, 0) is 31.2 Å². The number of carbonyl (C=O) groups excluding carboxylic acids is 2. The number of carbonyl (C=O) groups is 2. The van der Waals surface area contributed by atoms with Gasteiger partial charge in [-0.15, -0.1) is 11.3 Å². The van der Waals surface area contributed by atoms with Gasteiger partial charge < -0.3 is 18.8 Å². The van der Waals surface area contributed by atoms with Crippen molar-refractivity contribution < 1.29 is 23.5 Å². The number of benzene rings is 1. The van der Waals surface area contributed by atoms with Gasteiger partial charge >= 0.3 is 5.97 Å². The molecule has 3 heterocycles. The average molecular weight is 537 g/mol. The highest BCUT2D eigenvalue weighted by molar-refractivity contribution is 7.07. The minimum Gasteiger partial charge on any atom is -0.463 e. The maximum atomic E-state index is 13.2. The summed E-state index contributed by atoms with van der Waals surface area (Å²) in [6.45, 7) is 3.48. The molecule has 35 heavy (non-hydrogen) atoms. The van der Waals surface area contributed by atoms with Gasteiger partial charge in [0.25, 0.3) is 5.56 Å². The van der Waals surface area contributed by atoms with Crippen LogP contribution in [-0.2, 0) is 25.6 Å². The summed E-state index contributed by atoms with van der Waals surface area (Å²) in [5, 5.41) is 0.762. The molecule has 0 saturated carbocycles. The summed E-state index contributed by atoms with van der Waals surface area (Å²) in [5.41, 5.74) is 0.209. The molecule has 0 unspecified atom stereocenters. The second kappa shape index (κ2) is 11.3. The highest BCUT2D eigenvalue weighted by atomic mass is 35.5. The van der Waals surface area contributed by atoms with Crippen molar-refractivity contribution in [1.29, 1.82) is 0 Å². The van der Waals surface area contributed by atoms with Crippen molar-refractivity contribution in [3.63, 3.8) is 0 Å². The van der Waals surface area contributed by atoms with E-state index >= 15 is 0 Å². The Balaban J connectivity index is 1.72. The lowest BCUT2D eigenvalue weighted by Gasteiger charge is -2.26. The van der Waals surface area contributed by atoms with Crippen LogP contribution >= 0.6 is 34.5 Å². The third kappa shape index (κ3) is 5.87. The largest absolute Gasteiger partial charge is 0.463 e. The second-order valence-corrected chi connectivity index (χ2v) is 9.38. The van der Waals surface area contributed by atoms with Crippen molar-refractivity contribution in [2.75, 3.05) is 32.9 Å². The number of thiazole rings is 1. The summed E-state index contributed by atoms with van der Waals surface area (Å²) in [6, 6.07) is 8.64. The van der Waals surface area contributed by atoms with E-state index in [1.807, 2.05) is 0 Å². The maximum Gasteiger partial charge on any atom is 0.333 e. The molecule has 1 saturated heterocycles. The molecule has 0 bridgehead atoms. The average Bonchev–Trinajstić information content (AvgIpc) is 3.42. The van der Waals surface area contributed by atoms with E-state index in [4.69, 9.17) is 37.1 Å². The highest BCUT2D eigenvalue weighted by Gasteiger charge is 2.19. The first kappa shape index (κ1) is 25.2. The maximum absolute atomic E-state index is 13.2. The summed E-state index contributed by atoms with van der Waals surface area (Å²) in [4.78, 5) is 39.8. The Hall–Kier alpha value is -2.85. The fourth-order valence-corrected chi connectivity index (χ4v) is 4.93. The van der Waals surface area contributed by atoms with Crippen LogP contribution in [-0.4, -0.2) is 54.3 Å². The lowest BCUT2D eigenvalue weighted by Crippen LogP contribution is -2.45. The molecule has 1 aliphatic rings. The molecule has 0 radical (unpaired) electrons. The monoisotopic (exact) mass is 536 g/mol. The Kier molecular flexibility index (Phi) is 8.12. The van der Waals surface area contributed by atoms with Gasteiger partial charge in [-0.2, -0.15) is 0 Å². The number of rotatable bonds is 6. The number of ether oxygens (including phenoxy) is 2. The number of hydrogen-bond donors (Lipinski definition) is 0. The smallest absolute Gasteiger partial charge is 0.333 e. The van der Waals surface area contributed by atoms with Crippen molar-refractivity contribution in [3.05, 3.63) is 65.7 Å². The van der Waals surface area contributed by atoms with Crippen LogP contribution in [0, 0.1) is 0 Å². The van der Waals surface area contributed by atoms with Gasteiger partial charge in [0.2, 0.25) is 5.91 Å². The van der Waals surface area contributed by atoms with E-state index in [2.05, 4.69) is 0 Å². The molecule has 4 rings (SSSR count). The third-order valence-corrected chi connectivity index (χ3v) is 7.12. The molecule has 1 fully saturated rings. The molecule has 2 aromatic heterocycles. The Morgan fingerprint density at radius 3 is 2.69 bits per heavy atom. The van der Waals surface area contributed by atoms with Crippen LogP contribution in [0.2, 0.25) is 10.0 Å². The van der Waals surface area contributed by atoms with Crippen LogP contribution in [0.5, 0.6) is 0 Å². The molecule has 0 aliphatic carbocycles. The first-order chi connectivity index (χ1) is 16.9. The summed E-state index contributed by atoms with van der Waals surface area (Å²) >= 11 is 13.5. The molecule has 0 spiro atoms. The van der Waals surface area contributed by atoms with E-state index in [1.165, 1.54) is 10.6 Å². The van der Waals surface area contributed by atoms with Gasteiger partial charge in [0, 0.05) is 24.7 Å². The number of aromatic nitrogens is 1. The molecule has 1 aromatic carbocycles. The quantitative estimate of drug-likeness (QED) is 0.449. The van der Waals surface area contributed by atoms with Gasteiger partial charge in [-0.3, -0.25) is 14.2 Å². The Morgan fingerprint density at radius 2 is 1.94 bits per heavy atom. The van der Waals surface area contributed by atoms with Crippen molar-refractivity contribution in [2.45, 2.75) is 13.5 Å². The van der Waals surface area contributed by atoms with E-state index in [0.29, 0.717) is 62.6 Å². The molecule has 1 amide bonds. The predicted molar refractivity (Wildman–Crippen MR) is 134 cm³/mol. The van der Waals surface area contributed by atoms with Crippen LogP contribution in [0.1, 0.15) is 12.7 Å². The topological polar surface area (TPSA) is 91.0 Å². The number of furan rings is 1. The number of amides is 1. The summed E-state index contributed by atoms with van der Waals surface area (Å²) in [6.07, 6.45) is 2.78. The Labute approximate surface area is 214 Å². The number of morpholine rings is 1.